The first-order valence-corrected chi connectivity index (χ1v) is 7.25. The molecule has 3 rings (SSSR count). The van der Waals surface area contributed by atoms with Crippen LogP contribution in [0.25, 0.3) is 11.1 Å². The third-order valence-electron chi connectivity index (χ3n) is 3.87. The molecule has 130 valence electrons. The van der Waals surface area contributed by atoms with Gasteiger partial charge in [0.1, 0.15) is 0 Å². The standard InChI is InChI=1S/C15H20N4O.2ClH.H2O/c20-15-14(13-4-6-16-7-5-13)12-19(17-15)11-10-18-8-2-1-3-9-18;;;/h4-7,12H,1-3,8-11H2,(H,17,20);2*1H;1H2. The van der Waals surface area contributed by atoms with Crippen LogP contribution in [0.5, 0.6) is 0 Å². The largest absolute Gasteiger partial charge is 0.412 e. The Labute approximate surface area is 148 Å². The van der Waals surface area contributed by atoms with E-state index in [-0.39, 0.29) is 35.8 Å². The number of piperidine rings is 1. The van der Waals surface area contributed by atoms with Crippen LogP contribution in [0.3, 0.4) is 0 Å². The topological polar surface area (TPSA) is 85.4 Å². The van der Waals surface area contributed by atoms with E-state index in [1.165, 1.54) is 32.4 Å². The number of H-pyrrole nitrogens is 1. The number of hydrogen-bond donors (Lipinski definition) is 1. The first-order valence-electron chi connectivity index (χ1n) is 7.25. The number of nitrogens with one attached hydrogen (secondary N) is 1. The minimum Gasteiger partial charge on any atom is -0.412 e. The van der Waals surface area contributed by atoms with Gasteiger partial charge in [0.05, 0.1) is 12.1 Å². The van der Waals surface area contributed by atoms with Crippen molar-refractivity contribution in [3.8, 4) is 11.1 Å². The average molecular weight is 363 g/mol. The lowest BCUT2D eigenvalue weighted by Gasteiger charge is -2.26. The fourth-order valence-electron chi connectivity index (χ4n) is 2.73. The van der Waals surface area contributed by atoms with Gasteiger partial charge in [-0.05, 0) is 43.6 Å². The first-order chi connectivity index (χ1) is 9.83. The molecule has 2 aromatic heterocycles. The van der Waals surface area contributed by atoms with Crippen LogP contribution >= 0.6 is 24.8 Å². The normalized spacial score (nSPS) is 14.3. The van der Waals surface area contributed by atoms with Crippen LogP contribution < -0.4 is 5.56 Å². The van der Waals surface area contributed by atoms with Crippen LogP contribution in [0.15, 0.2) is 35.5 Å². The van der Waals surface area contributed by atoms with Crippen LogP contribution in [-0.4, -0.2) is 44.8 Å². The lowest BCUT2D eigenvalue weighted by molar-refractivity contribution is 0.218. The Hall–Kier alpha value is -1.34. The van der Waals surface area contributed by atoms with Crippen molar-refractivity contribution < 1.29 is 5.48 Å². The summed E-state index contributed by atoms with van der Waals surface area (Å²) in [6, 6.07) is 3.72. The molecule has 0 spiro atoms. The summed E-state index contributed by atoms with van der Waals surface area (Å²) in [7, 11) is 0. The van der Waals surface area contributed by atoms with Crippen molar-refractivity contribution in [1.29, 1.82) is 0 Å². The molecule has 8 heteroatoms. The number of hydrogen-bond acceptors (Lipinski definition) is 3. The summed E-state index contributed by atoms with van der Waals surface area (Å²) in [5.74, 6) is 0. The molecule has 23 heavy (non-hydrogen) atoms. The van der Waals surface area contributed by atoms with Gasteiger partial charge < -0.3 is 10.4 Å². The fraction of sp³-hybridized carbons (Fsp3) is 0.467. The van der Waals surface area contributed by atoms with Crippen molar-refractivity contribution in [2.24, 2.45) is 0 Å². The van der Waals surface area contributed by atoms with Gasteiger partial charge in [-0.2, -0.15) is 0 Å². The van der Waals surface area contributed by atoms with E-state index >= 15 is 0 Å². The lowest BCUT2D eigenvalue weighted by atomic mass is 10.1. The van der Waals surface area contributed by atoms with E-state index in [2.05, 4.69) is 15.0 Å². The summed E-state index contributed by atoms with van der Waals surface area (Å²) >= 11 is 0. The Morgan fingerprint density at radius 1 is 1.04 bits per heavy atom. The molecule has 3 N–H and O–H groups in total. The van der Waals surface area contributed by atoms with E-state index in [1.54, 1.807) is 12.4 Å². The van der Waals surface area contributed by atoms with Crippen molar-refractivity contribution in [2.75, 3.05) is 19.6 Å². The molecule has 1 aliphatic rings. The summed E-state index contributed by atoms with van der Waals surface area (Å²) in [5, 5.41) is 2.90. The van der Waals surface area contributed by atoms with Crippen molar-refractivity contribution in [3.63, 3.8) is 0 Å². The Balaban J connectivity index is 0.00000161. The average Bonchev–Trinajstić information content (AvgIpc) is 2.88. The molecular formula is C15H24Cl2N4O2. The molecule has 0 unspecified atom stereocenters. The SMILES string of the molecule is Cl.Cl.O.O=c1[nH]n(CCN2CCCCC2)cc1-c1ccncc1. The summed E-state index contributed by atoms with van der Waals surface area (Å²) in [5.41, 5.74) is 1.60. The van der Waals surface area contributed by atoms with Gasteiger partial charge in [0.2, 0.25) is 0 Å². The zero-order valence-electron chi connectivity index (χ0n) is 12.9. The molecule has 0 bridgehead atoms. The summed E-state index contributed by atoms with van der Waals surface area (Å²) in [6.07, 6.45) is 9.26. The minimum absolute atomic E-state index is 0. The van der Waals surface area contributed by atoms with Gasteiger partial charge in [0, 0.05) is 25.1 Å². The summed E-state index contributed by atoms with van der Waals surface area (Å²) < 4.78 is 1.90. The molecule has 1 aliphatic heterocycles. The summed E-state index contributed by atoms with van der Waals surface area (Å²) in [6.45, 7) is 4.20. The Bertz CT molecular complexity index is 609. The third-order valence-corrected chi connectivity index (χ3v) is 3.87. The number of aromatic amines is 1. The quantitative estimate of drug-likeness (QED) is 0.898. The molecule has 6 nitrogen and oxygen atoms in total. The van der Waals surface area contributed by atoms with E-state index < -0.39 is 0 Å². The van der Waals surface area contributed by atoms with Crippen LogP contribution in [-0.2, 0) is 6.54 Å². The Kier molecular flexibility index (Phi) is 9.83. The van der Waals surface area contributed by atoms with Gasteiger partial charge in [0.15, 0.2) is 0 Å². The number of halogens is 2. The number of aromatic nitrogens is 3. The van der Waals surface area contributed by atoms with E-state index in [1.807, 2.05) is 23.0 Å². The van der Waals surface area contributed by atoms with Crippen LogP contribution in [0, 0.1) is 0 Å². The number of likely N-dealkylation sites (tertiary alicyclic amines) is 1. The van der Waals surface area contributed by atoms with Gasteiger partial charge in [-0.1, -0.05) is 6.42 Å². The highest BCUT2D eigenvalue weighted by Gasteiger charge is 2.11. The zero-order chi connectivity index (χ0) is 13.8. The second-order valence-corrected chi connectivity index (χ2v) is 5.32. The molecule has 0 radical (unpaired) electrons. The highest BCUT2D eigenvalue weighted by molar-refractivity contribution is 5.85. The molecule has 0 atom stereocenters. The fourth-order valence-corrected chi connectivity index (χ4v) is 2.73. The molecule has 0 aromatic carbocycles. The van der Waals surface area contributed by atoms with E-state index in [0.717, 1.165) is 18.7 Å². The second kappa shape index (κ2) is 10.4. The third kappa shape index (κ3) is 5.66. The summed E-state index contributed by atoms with van der Waals surface area (Å²) in [4.78, 5) is 18.4. The zero-order valence-corrected chi connectivity index (χ0v) is 14.5. The Morgan fingerprint density at radius 2 is 1.70 bits per heavy atom. The van der Waals surface area contributed by atoms with Crippen molar-refractivity contribution in [1.82, 2.24) is 19.7 Å². The highest BCUT2D eigenvalue weighted by Crippen LogP contribution is 2.13. The monoisotopic (exact) mass is 362 g/mol. The maximum atomic E-state index is 12.0. The molecule has 3 heterocycles. The number of nitrogens with zero attached hydrogens (tertiary/aromatic N) is 3. The van der Waals surface area contributed by atoms with E-state index in [4.69, 9.17) is 0 Å². The predicted molar refractivity (Wildman–Crippen MR) is 96.7 cm³/mol. The van der Waals surface area contributed by atoms with Crippen LogP contribution in [0.1, 0.15) is 19.3 Å². The van der Waals surface area contributed by atoms with E-state index in [9.17, 15) is 4.79 Å². The van der Waals surface area contributed by atoms with Crippen molar-refractivity contribution in [2.45, 2.75) is 25.8 Å². The molecule has 1 fully saturated rings. The molecule has 0 amide bonds. The molecule has 0 saturated carbocycles. The first kappa shape index (κ1) is 21.7. The number of rotatable bonds is 4. The maximum absolute atomic E-state index is 12.0. The predicted octanol–water partition coefficient (Wildman–Crippen LogP) is 1.74. The molecule has 0 aliphatic carbocycles. The lowest BCUT2D eigenvalue weighted by Crippen LogP contribution is -2.32. The van der Waals surface area contributed by atoms with Gasteiger partial charge >= 0.3 is 0 Å². The molecule has 1 saturated heterocycles. The van der Waals surface area contributed by atoms with Gasteiger partial charge in [-0.25, -0.2) is 0 Å². The van der Waals surface area contributed by atoms with Gasteiger partial charge in [-0.15, -0.1) is 24.8 Å². The Morgan fingerprint density at radius 3 is 2.35 bits per heavy atom. The molecule has 2 aromatic rings. The van der Waals surface area contributed by atoms with Crippen molar-refractivity contribution >= 4 is 24.8 Å². The minimum atomic E-state index is -0.0326. The van der Waals surface area contributed by atoms with Gasteiger partial charge in [-0.3, -0.25) is 19.6 Å². The van der Waals surface area contributed by atoms with E-state index in [0.29, 0.717) is 5.56 Å². The molecular weight excluding hydrogens is 339 g/mol. The number of pyridine rings is 1. The maximum Gasteiger partial charge on any atom is 0.271 e. The smallest absolute Gasteiger partial charge is 0.271 e. The second-order valence-electron chi connectivity index (χ2n) is 5.32. The highest BCUT2D eigenvalue weighted by atomic mass is 35.5. The van der Waals surface area contributed by atoms with Crippen molar-refractivity contribution in [3.05, 3.63) is 41.1 Å². The van der Waals surface area contributed by atoms with Crippen LogP contribution in [0.2, 0.25) is 0 Å². The van der Waals surface area contributed by atoms with Crippen LogP contribution in [0.4, 0.5) is 0 Å². The van der Waals surface area contributed by atoms with Gasteiger partial charge in [0.25, 0.3) is 5.56 Å².